The van der Waals surface area contributed by atoms with Gasteiger partial charge in [-0.25, -0.2) is 0 Å². The summed E-state index contributed by atoms with van der Waals surface area (Å²) in [7, 11) is 0. The Labute approximate surface area is 115 Å². The van der Waals surface area contributed by atoms with Crippen LogP contribution in [0.4, 0.5) is 0 Å². The fourth-order valence-corrected chi connectivity index (χ4v) is 2.66. The molecular weight excluding hydrogens is 220 g/mol. The molecule has 1 N–H and O–H groups in total. The molecule has 108 valence electrons. The average Bonchev–Trinajstić information content (AvgIpc) is 3.10. The number of nitrogens with one attached hydrogen (secondary N) is 1. The smallest absolute Gasteiger partial charge is 0.0128 e. The topological polar surface area (TPSA) is 15.3 Å². The van der Waals surface area contributed by atoms with Crippen molar-refractivity contribution in [3.05, 3.63) is 0 Å². The molecule has 2 heteroatoms. The molecule has 0 aromatic heterocycles. The third-order valence-corrected chi connectivity index (χ3v) is 4.06. The minimum Gasteiger partial charge on any atom is -0.314 e. The first-order valence-corrected chi connectivity index (χ1v) is 7.96. The van der Waals surface area contributed by atoms with Crippen molar-refractivity contribution < 1.29 is 0 Å². The van der Waals surface area contributed by atoms with Crippen LogP contribution in [-0.2, 0) is 0 Å². The van der Waals surface area contributed by atoms with Crippen molar-refractivity contribution in [1.29, 1.82) is 0 Å². The van der Waals surface area contributed by atoms with Gasteiger partial charge in [-0.2, -0.15) is 0 Å². The van der Waals surface area contributed by atoms with Crippen molar-refractivity contribution >= 4 is 0 Å². The normalized spacial score (nSPS) is 18.3. The molecule has 0 aromatic rings. The van der Waals surface area contributed by atoms with Crippen LogP contribution < -0.4 is 5.32 Å². The van der Waals surface area contributed by atoms with E-state index in [4.69, 9.17) is 0 Å². The van der Waals surface area contributed by atoms with Crippen molar-refractivity contribution in [3.8, 4) is 0 Å². The van der Waals surface area contributed by atoms with Gasteiger partial charge in [0.1, 0.15) is 0 Å². The van der Waals surface area contributed by atoms with Gasteiger partial charge in [0, 0.05) is 12.1 Å². The first kappa shape index (κ1) is 16.0. The predicted molar refractivity (Wildman–Crippen MR) is 81.0 cm³/mol. The van der Waals surface area contributed by atoms with E-state index in [1.807, 2.05) is 0 Å². The number of rotatable bonds is 9. The molecule has 1 unspecified atom stereocenters. The molecule has 1 fully saturated rings. The fourth-order valence-electron chi connectivity index (χ4n) is 2.66. The Bertz CT molecular complexity index is 216. The van der Waals surface area contributed by atoms with E-state index in [9.17, 15) is 0 Å². The van der Waals surface area contributed by atoms with Gasteiger partial charge in [0.25, 0.3) is 0 Å². The van der Waals surface area contributed by atoms with Gasteiger partial charge < -0.3 is 10.2 Å². The summed E-state index contributed by atoms with van der Waals surface area (Å²) in [6, 6.07) is 1.56. The second kappa shape index (κ2) is 7.49. The van der Waals surface area contributed by atoms with E-state index >= 15 is 0 Å². The largest absolute Gasteiger partial charge is 0.314 e. The highest BCUT2D eigenvalue weighted by molar-refractivity contribution is 4.87. The summed E-state index contributed by atoms with van der Waals surface area (Å²) in [5.74, 6) is 0. The minimum absolute atomic E-state index is 0.371. The highest BCUT2D eigenvalue weighted by atomic mass is 15.2. The zero-order valence-corrected chi connectivity index (χ0v) is 13.3. The van der Waals surface area contributed by atoms with Gasteiger partial charge in [-0.1, -0.05) is 41.0 Å². The maximum absolute atomic E-state index is 3.67. The number of nitrogens with zero attached hydrogens (tertiary/aromatic N) is 1. The Hall–Kier alpha value is -0.0800. The standard InChI is InChI=1S/C16H34N2/c1-6-8-12-18(14-9-10-14)13-11-15(17-7-2)16(3,4)5/h14-15,17H,6-13H2,1-5H3. The molecule has 2 nitrogen and oxygen atoms in total. The number of unbranched alkanes of at least 4 members (excludes halogenated alkanes) is 1. The molecule has 0 heterocycles. The monoisotopic (exact) mass is 254 g/mol. The van der Waals surface area contributed by atoms with E-state index in [0.29, 0.717) is 11.5 Å². The molecule has 0 amide bonds. The van der Waals surface area contributed by atoms with Crippen LogP contribution in [0.15, 0.2) is 0 Å². The van der Waals surface area contributed by atoms with Crippen LogP contribution in [0.1, 0.15) is 66.7 Å². The summed E-state index contributed by atoms with van der Waals surface area (Å²) in [5.41, 5.74) is 0.371. The Morgan fingerprint density at radius 2 is 1.83 bits per heavy atom. The van der Waals surface area contributed by atoms with Crippen LogP contribution in [0.5, 0.6) is 0 Å². The highest BCUT2D eigenvalue weighted by Gasteiger charge is 2.30. The molecule has 0 aromatic carbocycles. The zero-order chi connectivity index (χ0) is 13.6. The van der Waals surface area contributed by atoms with Crippen LogP contribution in [0.2, 0.25) is 0 Å². The van der Waals surface area contributed by atoms with E-state index < -0.39 is 0 Å². The maximum atomic E-state index is 3.67. The second-order valence-electron chi connectivity index (χ2n) is 6.89. The third-order valence-electron chi connectivity index (χ3n) is 4.06. The summed E-state index contributed by atoms with van der Waals surface area (Å²) >= 11 is 0. The molecular formula is C16H34N2. The van der Waals surface area contributed by atoms with E-state index in [-0.39, 0.29) is 0 Å². The van der Waals surface area contributed by atoms with E-state index in [2.05, 4.69) is 44.8 Å². The van der Waals surface area contributed by atoms with Gasteiger partial charge in [0.15, 0.2) is 0 Å². The van der Waals surface area contributed by atoms with Crippen LogP contribution in [0.25, 0.3) is 0 Å². The average molecular weight is 254 g/mol. The van der Waals surface area contributed by atoms with Gasteiger partial charge in [-0.15, -0.1) is 0 Å². The molecule has 1 aliphatic rings. The molecule has 1 saturated carbocycles. The lowest BCUT2D eigenvalue weighted by molar-refractivity contribution is 0.198. The fraction of sp³-hybridized carbons (Fsp3) is 1.00. The SMILES string of the molecule is CCCCN(CCC(NCC)C(C)(C)C)C1CC1. The second-order valence-corrected chi connectivity index (χ2v) is 6.89. The van der Waals surface area contributed by atoms with Crippen LogP contribution >= 0.6 is 0 Å². The lowest BCUT2D eigenvalue weighted by atomic mass is 9.84. The molecule has 1 atom stereocenters. The minimum atomic E-state index is 0.371. The molecule has 0 saturated heterocycles. The van der Waals surface area contributed by atoms with Crippen molar-refractivity contribution in [1.82, 2.24) is 10.2 Å². The molecule has 0 radical (unpaired) electrons. The van der Waals surface area contributed by atoms with E-state index in [1.165, 1.54) is 45.2 Å². The highest BCUT2D eigenvalue weighted by Crippen LogP contribution is 2.29. The maximum Gasteiger partial charge on any atom is 0.0128 e. The van der Waals surface area contributed by atoms with Crippen LogP contribution in [0, 0.1) is 5.41 Å². The van der Waals surface area contributed by atoms with Crippen molar-refractivity contribution in [3.63, 3.8) is 0 Å². The van der Waals surface area contributed by atoms with E-state index in [1.54, 1.807) is 0 Å². The Balaban J connectivity index is 2.38. The third kappa shape index (κ3) is 5.71. The number of hydrogen-bond acceptors (Lipinski definition) is 2. The first-order valence-electron chi connectivity index (χ1n) is 7.96. The van der Waals surface area contributed by atoms with Crippen LogP contribution in [0.3, 0.4) is 0 Å². The summed E-state index contributed by atoms with van der Waals surface area (Å²) in [6.45, 7) is 15.2. The summed E-state index contributed by atoms with van der Waals surface area (Å²) in [5, 5.41) is 3.67. The van der Waals surface area contributed by atoms with Gasteiger partial charge in [-0.3, -0.25) is 0 Å². The lowest BCUT2D eigenvalue weighted by Gasteiger charge is -2.33. The molecule has 0 spiro atoms. The van der Waals surface area contributed by atoms with Crippen LogP contribution in [-0.4, -0.2) is 36.6 Å². The predicted octanol–water partition coefficient (Wildman–Crippen LogP) is 3.67. The van der Waals surface area contributed by atoms with Crippen molar-refractivity contribution in [2.24, 2.45) is 5.41 Å². The summed E-state index contributed by atoms with van der Waals surface area (Å²) in [4.78, 5) is 2.74. The quantitative estimate of drug-likeness (QED) is 0.675. The first-order chi connectivity index (χ1) is 8.49. The Morgan fingerprint density at radius 3 is 2.28 bits per heavy atom. The number of hydrogen-bond donors (Lipinski definition) is 1. The van der Waals surface area contributed by atoms with Gasteiger partial charge in [0.2, 0.25) is 0 Å². The lowest BCUT2D eigenvalue weighted by Crippen LogP contribution is -2.43. The molecule has 18 heavy (non-hydrogen) atoms. The Morgan fingerprint density at radius 1 is 1.17 bits per heavy atom. The molecule has 1 rings (SSSR count). The molecule has 0 aliphatic heterocycles. The Kier molecular flexibility index (Phi) is 6.65. The van der Waals surface area contributed by atoms with E-state index in [0.717, 1.165) is 12.6 Å². The van der Waals surface area contributed by atoms with Gasteiger partial charge in [-0.05, 0) is 50.7 Å². The van der Waals surface area contributed by atoms with Gasteiger partial charge >= 0.3 is 0 Å². The van der Waals surface area contributed by atoms with Crippen molar-refractivity contribution in [2.75, 3.05) is 19.6 Å². The summed E-state index contributed by atoms with van der Waals surface area (Å²) in [6.07, 6.45) is 6.84. The molecule has 0 bridgehead atoms. The van der Waals surface area contributed by atoms with Gasteiger partial charge in [0.05, 0.1) is 0 Å². The van der Waals surface area contributed by atoms with Crippen molar-refractivity contribution in [2.45, 2.75) is 78.8 Å². The zero-order valence-electron chi connectivity index (χ0n) is 13.3. The summed E-state index contributed by atoms with van der Waals surface area (Å²) < 4.78 is 0. The molecule has 1 aliphatic carbocycles.